The lowest BCUT2D eigenvalue weighted by molar-refractivity contribution is -0.139. The maximum atomic E-state index is 12.3. The maximum absolute atomic E-state index is 12.3. The Balaban J connectivity index is 1.46. The van der Waals surface area contributed by atoms with Crippen molar-refractivity contribution in [3.63, 3.8) is 0 Å². The van der Waals surface area contributed by atoms with Gasteiger partial charge < -0.3 is 10.1 Å². The van der Waals surface area contributed by atoms with Crippen LogP contribution in [0.5, 0.6) is 0 Å². The van der Waals surface area contributed by atoms with Gasteiger partial charge >= 0.3 is 5.97 Å². The molecule has 168 valence electrons. The van der Waals surface area contributed by atoms with Crippen LogP contribution < -0.4 is 5.32 Å². The predicted molar refractivity (Wildman–Crippen MR) is 130 cm³/mol. The third-order valence-corrected chi connectivity index (χ3v) is 7.16. The van der Waals surface area contributed by atoms with Crippen LogP contribution in [0.2, 0.25) is 0 Å². The van der Waals surface area contributed by atoms with E-state index < -0.39 is 5.97 Å². The van der Waals surface area contributed by atoms with Gasteiger partial charge in [-0.05, 0) is 42.9 Å². The summed E-state index contributed by atoms with van der Waals surface area (Å²) in [6, 6.07) is 13.6. The van der Waals surface area contributed by atoms with Crippen LogP contribution in [0.3, 0.4) is 0 Å². The van der Waals surface area contributed by atoms with Gasteiger partial charge in [0.1, 0.15) is 0 Å². The fraction of sp³-hybridized carbons (Fsp3) is 0.333. The number of aryl methyl sites for hydroxylation is 2. The first-order valence-corrected chi connectivity index (χ1v) is 12.3. The number of nitrogens with zero attached hydrogens (tertiary/aromatic N) is 2. The number of para-hydroxylation sites is 1. The van der Waals surface area contributed by atoms with Gasteiger partial charge in [-0.2, -0.15) is 0 Å². The summed E-state index contributed by atoms with van der Waals surface area (Å²) in [5.41, 5.74) is 4.99. The van der Waals surface area contributed by atoms with Crippen LogP contribution in [0.1, 0.15) is 53.2 Å². The van der Waals surface area contributed by atoms with E-state index in [0.29, 0.717) is 21.0 Å². The molecule has 8 heteroatoms. The molecule has 1 N–H and O–H groups in total. The van der Waals surface area contributed by atoms with Crippen molar-refractivity contribution in [3.05, 3.63) is 64.7 Å². The van der Waals surface area contributed by atoms with Crippen LogP contribution in [0.15, 0.2) is 46.8 Å². The topological polar surface area (TPSA) is 81.2 Å². The Labute approximate surface area is 196 Å². The van der Waals surface area contributed by atoms with Crippen LogP contribution >= 0.6 is 23.1 Å². The first kappa shape index (κ1) is 23.9. The van der Waals surface area contributed by atoms with Gasteiger partial charge in [-0.25, -0.2) is 0 Å². The number of benzene rings is 2. The number of carbonyl (C=O) groups excluding carboxylic acids is 2. The quantitative estimate of drug-likeness (QED) is 0.224. The van der Waals surface area contributed by atoms with Gasteiger partial charge in [-0.15, -0.1) is 10.2 Å². The number of rotatable bonds is 10. The van der Waals surface area contributed by atoms with E-state index in [-0.39, 0.29) is 18.1 Å². The van der Waals surface area contributed by atoms with Crippen molar-refractivity contribution in [3.8, 4) is 0 Å². The number of hydrogen-bond donors (Lipinski definition) is 1. The van der Waals surface area contributed by atoms with E-state index in [1.165, 1.54) is 28.7 Å². The highest BCUT2D eigenvalue weighted by molar-refractivity contribution is 8.01. The molecule has 3 rings (SSSR count). The minimum absolute atomic E-state index is 0.0677. The monoisotopic (exact) mass is 469 g/mol. The fourth-order valence-corrected chi connectivity index (χ4v) is 4.62. The SMILES string of the molecule is CC[C@@H](C)c1ccc(C(=O)COC(=O)CSc2nnc(Nc3c(C)cccc3C)s2)cc1. The number of carbonyl (C=O) groups is 2. The molecule has 1 heterocycles. The van der Waals surface area contributed by atoms with Gasteiger partial charge in [0, 0.05) is 11.3 Å². The van der Waals surface area contributed by atoms with Crippen LogP contribution in [0.4, 0.5) is 10.8 Å². The Kier molecular flexibility index (Phi) is 8.41. The summed E-state index contributed by atoms with van der Waals surface area (Å²) in [6.07, 6.45) is 1.04. The van der Waals surface area contributed by atoms with Gasteiger partial charge in [0.15, 0.2) is 16.7 Å². The highest BCUT2D eigenvalue weighted by Gasteiger charge is 2.14. The number of nitrogens with one attached hydrogen (secondary N) is 1. The van der Waals surface area contributed by atoms with E-state index in [0.717, 1.165) is 23.2 Å². The Bertz CT molecular complexity index is 1060. The predicted octanol–water partition coefficient (Wildman–Crippen LogP) is 5.93. The normalized spacial score (nSPS) is 11.8. The summed E-state index contributed by atoms with van der Waals surface area (Å²) in [5, 5.41) is 12.2. The molecule has 0 fully saturated rings. The minimum atomic E-state index is -0.459. The summed E-state index contributed by atoms with van der Waals surface area (Å²) in [5.74, 6) is -0.155. The van der Waals surface area contributed by atoms with Crippen molar-refractivity contribution in [2.45, 2.75) is 44.4 Å². The zero-order valence-electron chi connectivity index (χ0n) is 18.7. The van der Waals surface area contributed by atoms with E-state index in [2.05, 4.69) is 29.4 Å². The zero-order chi connectivity index (χ0) is 23.1. The Morgan fingerprint density at radius 3 is 2.44 bits per heavy atom. The lowest BCUT2D eigenvalue weighted by Crippen LogP contribution is -2.15. The average molecular weight is 470 g/mol. The molecule has 0 aliphatic heterocycles. The van der Waals surface area contributed by atoms with Gasteiger partial charge in [0.25, 0.3) is 0 Å². The number of thioether (sulfide) groups is 1. The third-order valence-electron chi connectivity index (χ3n) is 5.21. The molecule has 3 aromatic rings. The van der Waals surface area contributed by atoms with Crippen LogP contribution in [0, 0.1) is 13.8 Å². The second-order valence-corrected chi connectivity index (χ2v) is 9.77. The molecule has 0 aliphatic carbocycles. The molecule has 0 saturated heterocycles. The molecular formula is C24H27N3O3S2. The van der Waals surface area contributed by atoms with E-state index in [9.17, 15) is 9.59 Å². The van der Waals surface area contributed by atoms with Crippen molar-refractivity contribution < 1.29 is 14.3 Å². The molecule has 6 nitrogen and oxygen atoms in total. The Hall–Kier alpha value is -2.71. The number of anilines is 2. The highest BCUT2D eigenvalue weighted by atomic mass is 32.2. The number of ketones is 1. The van der Waals surface area contributed by atoms with Crippen molar-refractivity contribution in [1.29, 1.82) is 0 Å². The number of esters is 1. The summed E-state index contributed by atoms with van der Waals surface area (Å²) in [6.45, 7) is 8.08. The van der Waals surface area contributed by atoms with Crippen LogP contribution in [-0.4, -0.2) is 34.3 Å². The average Bonchev–Trinajstić information content (AvgIpc) is 3.25. The van der Waals surface area contributed by atoms with Crippen molar-refractivity contribution >= 4 is 45.7 Å². The molecule has 1 aromatic heterocycles. The molecule has 0 radical (unpaired) electrons. The van der Waals surface area contributed by atoms with Crippen molar-refractivity contribution in [2.24, 2.45) is 0 Å². The van der Waals surface area contributed by atoms with E-state index in [1.54, 1.807) is 12.1 Å². The van der Waals surface area contributed by atoms with Gasteiger partial charge in [-0.3, -0.25) is 9.59 Å². The largest absolute Gasteiger partial charge is 0.457 e. The second kappa shape index (κ2) is 11.2. The van der Waals surface area contributed by atoms with Gasteiger partial charge in [0.2, 0.25) is 5.13 Å². The maximum Gasteiger partial charge on any atom is 0.316 e. The second-order valence-electron chi connectivity index (χ2n) is 7.57. The Morgan fingerprint density at radius 1 is 1.09 bits per heavy atom. The summed E-state index contributed by atoms with van der Waals surface area (Å²) < 4.78 is 5.80. The molecule has 32 heavy (non-hydrogen) atoms. The number of aromatic nitrogens is 2. The standard InChI is InChI=1S/C24H27N3O3S2/c1-5-15(2)18-9-11-19(12-10-18)20(28)13-30-21(29)14-31-24-27-26-23(32-24)25-22-16(3)7-6-8-17(22)4/h6-12,15H,5,13-14H2,1-4H3,(H,25,26)/t15-/m1/s1. The van der Waals surface area contributed by atoms with Crippen LogP contribution in [0.25, 0.3) is 0 Å². The molecule has 0 spiro atoms. The summed E-state index contributed by atoms with van der Waals surface area (Å²) >= 11 is 2.61. The van der Waals surface area contributed by atoms with E-state index in [1.807, 2.05) is 44.2 Å². The summed E-state index contributed by atoms with van der Waals surface area (Å²) in [4.78, 5) is 24.4. The summed E-state index contributed by atoms with van der Waals surface area (Å²) in [7, 11) is 0. The molecule has 0 unspecified atom stereocenters. The molecule has 0 amide bonds. The molecular weight excluding hydrogens is 442 g/mol. The fourth-order valence-electron chi connectivity index (χ4n) is 3.06. The molecule has 2 aromatic carbocycles. The number of ether oxygens (including phenoxy) is 1. The number of Topliss-reactive ketones (excluding diaryl/α,β-unsaturated/α-hetero) is 1. The van der Waals surface area contributed by atoms with E-state index >= 15 is 0 Å². The van der Waals surface area contributed by atoms with Crippen molar-refractivity contribution in [2.75, 3.05) is 17.7 Å². The Morgan fingerprint density at radius 2 is 1.78 bits per heavy atom. The lowest BCUT2D eigenvalue weighted by atomic mass is 9.97. The molecule has 0 aliphatic rings. The lowest BCUT2D eigenvalue weighted by Gasteiger charge is -2.09. The van der Waals surface area contributed by atoms with Gasteiger partial charge in [-0.1, -0.05) is 79.4 Å². The first-order chi connectivity index (χ1) is 15.4. The molecule has 0 bridgehead atoms. The van der Waals surface area contributed by atoms with Gasteiger partial charge in [0.05, 0.1) is 5.75 Å². The minimum Gasteiger partial charge on any atom is -0.457 e. The smallest absolute Gasteiger partial charge is 0.316 e. The highest BCUT2D eigenvalue weighted by Crippen LogP contribution is 2.30. The molecule has 0 saturated carbocycles. The number of hydrogen-bond acceptors (Lipinski definition) is 8. The van der Waals surface area contributed by atoms with Crippen LogP contribution in [-0.2, 0) is 9.53 Å². The zero-order valence-corrected chi connectivity index (χ0v) is 20.3. The van der Waals surface area contributed by atoms with Crippen molar-refractivity contribution in [1.82, 2.24) is 10.2 Å². The molecule has 1 atom stereocenters. The first-order valence-electron chi connectivity index (χ1n) is 10.5. The van der Waals surface area contributed by atoms with E-state index in [4.69, 9.17) is 4.74 Å². The third kappa shape index (κ3) is 6.40.